The Morgan fingerprint density at radius 1 is 1.32 bits per heavy atom. The zero-order valence-electron chi connectivity index (χ0n) is 12.8. The van der Waals surface area contributed by atoms with Gasteiger partial charge in [-0.25, -0.2) is 5.43 Å². The third-order valence-electron chi connectivity index (χ3n) is 3.06. The molecule has 0 aliphatic heterocycles. The lowest BCUT2D eigenvalue weighted by atomic mass is 10.2. The molecule has 2 rings (SSSR count). The monoisotopic (exact) mass is 552 g/mol. The topological polar surface area (TPSA) is 70.9 Å². The van der Waals surface area contributed by atoms with Crippen LogP contribution in [0.25, 0.3) is 0 Å². The third-order valence-corrected chi connectivity index (χ3v) is 5.55. The van der Waals surface area contributed by atoms with Gasteiger partial charge in [-0.3, -0.25) is 4.79 Å². The minimum Gasteiger partial charge on any atom is -0.506 e. The number of nitrogens with zero attached hydrogens (tertiary/aromatic N) is 1. The number of benzene rings is 2. The number of hydrazone groups is 1. The van der Waals surface area contributed by atoms with Gasteiger partial charge in [0.1, 0.15) is 11.5 Å². The Labute approximate surface area is 174 Å². The van der Waals surface area contributed by atoms with Crippen LogP contribution in [-0.4, -0.2) is 23.8 Å². The maximum Gasteiger partial charge on any atom is 0.277 e. The SMILES string of the molecule is Cc1cc(OCC(=O)N/N=C\c2c(Br)cc(Br)c(O)c2Br)ccc1Cl. The van der Waals surface area contributed by atoms with Crippen molar-refractivity contribution in [3.8, 4) is 11.5 Å². The molecule has 0 saturated carbocycles. The number of halogens is 4. The summed E-state index contributed by atoms with van der Waals surface area (Å²) < 4.78 is 7.04. The second kappa shape index (κ2) is 9.02. The molecule has 0 fully saturated rings. The summed E-state index contributed by atoms with van der Waals surface area (Å²) in [6.45, 7) is 1.66. The third kappa shape index (κ3) is 5.44. The van der Waals surface area contributed by atoms with Crippen LogP contribution in [0.1, 0.15) is 11.1 Å². The molecule has 2 aromatic rings. The number of rotatable bonds is 5. The zero-order valence-corrected chi connectivity index (χ0v) is 18.3. The number of carbonyl (C=O) groups excluding carboxylic acids is 1. The van der Waals surface area contributed by atoms with Crippen LogP contribution < -0.4 is 10.2 Å². The summed E-state index contributed by atoms with van der Waals surface area (Å²) in [5.74, 6) is 0.166. The van der Waals surface area contributed by atoms with E-state index in [1.807, 2.05) is 6.92 Å². The summed E-state index contributed by atoms with van der Waals surface area (Å²) in [4.78, 5) is 11.8. The molecule has 0 spiro atoms. The van der Waals surface area contributed by atoms with Crippen molar-refractivity contribution in [2.45, 2.75) is 6.92 Å². The van der Waals surface area contributed by atoms with Crippen LogP contribution in [0.3, 0.4) is 0 Å². The maximum absolute atomic E-state index is 11.8. The number of hydrogen-bond acceptors (Lipinski definition) is 4. The average molecular weight is 555 g/mol. The minimum absolute atomic E-state index is 0.0393. The molecule has 0 radical (unpaired) electrons. The van der Waals surface area contributed by atoms with Gasteiger partial charge in [-0.15, -0.1) is 0 Å². The Morgan fingerprint density at radius 3 is 2.72 bits per heavy atom. The van der Waals surface area contributed by atoms with Gasteiger partial charge in [0.2, 0.25) is 0 Å². The molecule has 1 amide bonds. The van der Waals surface area contributed by atoms with Gasteiger partial charge in [0, 0.05) is 15.1 Å². The highest BCUT2D eigenvalue weighted by Gasteiger charge is 2.12. The molecular weight excluding hydrogens is 543 g/mol. The maximum atomic E-state index is 11.8. The lowest BCUT2D eigenvalue weighted by molar-refractivity contribution is -0.123. The molecule has 0 bridgehead atoms. The highest BCUT2D eigenvalue weighted by molar-refractivity contribution is 9.11. The van der Waals surface area contributed by atoms with E-state index in [0.717, 1.165) is 5.56 Å². The smallest absolute Gasteiger partial charge is 0.277 e. The quantitative estimate of drug-likeness (QED) is 0.395. The van der Waals surface area contributed by atoms with Crippen molar-refractivity contribution in [1.29, 1.82) is 0 Å². The first kappa shape index (κ1) is 20.2. The van der Waals surface area contributed by atoms with Crippen LogP contribution in [0.5, 0.6) is 11.5 Å². The largest absolute Gasteiger partial charge is 0.506 e. The second-order valence-corrected chi connectivity index (χ2v) is 7.82. The van der Waals surface area contributed by atoms with E-state index in [-0.39, 0.29) is 12.4 Å². The lowest BCUT2D eigenvalue weighted by Gasteiger charge is -2.08. The number of phenolic OH excluding ortho intramolecular Hbond substituents is 1. The van der Waals surface area contributed by atoms with Gasteiger partial charge in [-0.05, 0) is 68.6 Å². The highest BCUT2D eigenvalue weighted by atomic mass is 79.9. The number of nitrogens with one attached hydrogen (secondary N) is 1. The number of phenols is 1. The molecule has 25 heavy (non-hydrogen) atoms. The van der Waals surface area contributed by atoms with E-state index in [1.165, 1.54) is 6.21 Å². The van der Waals surface area contributed by atoms with E-state index in [4.69, 9.17) is 16.3 Å². The zero-order chi connectivity index (χ0) is 18.6. The van der Waals surface area contributed by atoms with Gasteiger partial charge in [-0.2, -0.15) is 5.10 Å². The van der Waals surface area contributed by atoms with Crippen LogP contribution in [0.15, 0.2) is 42.8 Å². The summed E-state index contributed by atoms with van der Waals surface area (Å²) in [5.41, 5.74) is 3.80. The van der Waals surface area contributed by atoms with E-state index in [1.54, 1.807) is 24.3 Å². The van der Waals surface area contributed by atoms with E-state index in [9.17, 15) is 9.90 Å². The fourth-order valence-electron chi connectivity index (χ4n) is 1.77. The molecule has 0 heterocycles. The Balaban J connectivity index is 1.95. The molecule has 2 N–H and O–H groups in total. The molecule has 0 atom stereocenters. The Bertz CT molecular complexity index is 844. The number of aromatic hydroxyl groups is 1. The Morgan fingerprint density at radius 2 is 2.04 bits per heavy atom. The first-order valence-electron chi connectivity index (χ1n) is 6.87. The molecule has 132 valence electrons. The van der Waals surface area contributed by atoms with Crippen molar-refractivity contribution < 1.29 is 14.6 Å². The van der Waals surface area contributed by atoms with Crippen LogP contribution in [0.4, 0.5) is 0 Å². The van der Waals surface area contributed by atoms with Gasteiger partial charge in [0.15, 0.2) is 6.61 Å². The van der Waals surface area contributed by atoms with Gasteiger partial charge in [-0.1, -0.05) is 27.5 Å². The fraction of sp³-hybridized carbons (Fsp3) is 0.125. The number of ether oxygens (including phenoxy) is 1. The van der Waals surface area contributed by atoms with Gasteiger partial charge >= 0.3 is 0 Å². The van der Waals surface area contributed by atoms with Crippen molar-refractivity contribution >= 4 is 71.5 Å². The molecule has 2 aromatic carbocycles. The van der Waals surface area contributed by atoms with Crippen LogP contribution in [0.2, 0.25) is 5.02 Å². The van der Waals surface area contributed by atoms with E-state index < -0.39 is 5.91 Å². The van der Waals surface area contributed by atoms with E-state index >= 15 is 0 Å². The van der Waals surface area contributed by atoms with Gasteiger partial charge in [0.25, 0.3) is 5.91 Å². The van der Waals surface area contributed by atoms with E-state index in [0.29, 0.717) is 29.8 Å². The number of carbonyl (C=O) groups is 1. The lowest BCUT2D eigenvalue weighted by Crippen LogP contribution is -2.24. The normalized spacial score (nSPS) is 10.9. The van der Waals surface area contributed by atoms with Crippen molar-refractivity contribution in [2.24, 2.45) is 5.10 Å². The van der Waals surface area contributed by atoms with Crippen molar-refractivity contribution in [3.63, 3.8) is 0 Å². The van der Waals surface area contributed by atoms with Crippen LogP contribution in [-0.2, 0) is 4.79 Å². The molecule has 0 unspecified atom stereocenters. The minimum atomic E-state index is -0.419. The van der Waals surface area contributed by atoms with Gasteiger partial charge in [0.05, 0.1) is 15.2 Å². The predicted molar refractivity (Wildman–Crippen MR) is 109 cm³/mol. The van der Waals surface area contributed by atoms with E-state index in [2.05, 4.69) is 58.3 Å². The first-order chi connectivity index (χ1) is 11.8. The van der Waals surface area contributed by atoms with Crippen LogP contribution >= 0.6 is 59.4 Å². The Hall–Kier alpha value is -1.09. The summed E-state index contributed by atoms with van der Waals surface area (Å²) >= 11 is 15.8. The molecule has 0 aromatic heterocycles. The standard InChI is InChI=1S/C16H12Br3ClN2O3/c1-8-4-9(2-3-13(8)20)25-7-14(23)22-21-6-10-11(17)5-12(18)16(24)15(10)19/h2-6,24H,7H2,1H3,(H,22,23)/b21-6-. The molecule has 0 aliphatic carbocycles. The summed E-state index contributed by atoms with van der Waals surface area (Å²) in [6, 6.07) is 6.81. The van der Waals surface area contributed by atoms with Crippen molar-refractivity contribution in [3.05, 3.63) is 53.8 Å². The van der Waals surface area contributed by atoms with Crippen molar-refractivity contribution in [1.82, 2.24) is 5.43 Å². The summed E-state index contributed by atoms with van der Waals surface area (Å²) in [7, 11) is 0. The summed E-state index contributed by atoms with van der Waals surface area (Å²) in [6.07, 6.45) is 1.41. The molecular formula is C16H12Br3ClN2O3. The molecule has 9 heteroatoms. The number of aryl methyl sites for hydroxylation is 1. The molecule has 0 aliphatic rings. The highest BCUT2D eigenvalue weighted by Crippen LogP contribution is 2.38. The fourth-order valence-corrected chi connectivity index (χ4v) is 4.21. The average Bonchev–Trinajstić information content (AvgIpc) is 2.57. The molecule has 5 nitrogen and oxygen atoms in total. The predicted octanol–water partition coefficient (Wildman–Crippen LogP) is 5.17. The van der Waals surface area contributed by atoms with Crippen molar-refractivity contribution in [2.75, 3.05) is 6.61 Å². The molecule has 0 saturated heterocycles. The summed E-state index contributed by atoms with van der Waals surface area (Å²) in [5, 5.41) is 14.4. The Kier molecular flexibility index (Phi) is 7.30. The van der Waals surface area contributed by atoms with Crippen LogP contribution in [0, 0.1) is 6.92 Å². The first-order valence-corrected chi connectivity index (χ1v) is 9.62. The number of amides is 1. The number of hydrogen-bond donors (Lipinski definition) is 2. The van der Waals surface area contributed by atoms with Gasteiger partial charge < -0.3 is 9.84 Å². The second-order valence-electron chi connectivity index (χ2n) is 4.91.